The van der Waals surface area contributed by atoms with Crippen molar-refractivity contribution in [1.29, 1.82) is 0 Å². The van der Waals surface area contributed by atoms with Crippen LogP contribution in [-0.2, 0) is 4.79 Å². The van der Waals surface area contributed by atoms with Crippen LogP contribution in [-0.4, -0.2) is 19.1 Å². The van der Waals surface area contributed by atoms with E-state index in [1.807, 2.05) is 32.0 Å². The van der Waals surface area contributed by atoms with E-state index in [4.69, 9.17) is 4.74 Å². The van der Waals surface area contributed by atoms with Crippen molar-refractivity contribution in [1.82, 2.24) is 0 Å². The molecule has 0 saturated heterocycles. The molecule has 0 aromatic heterocycles. The van der Waals surface area contributed by atoms with Crippen LogP contribution < -0.4 is 9.64 Å². The van der Waals surface area contributed by atoms with E-state index in [9.17, 15) is 13.6 Å². The van der Waals surface area contributed by atoms with Crippen molar-refractivity contribution < 1.29 is 18.3 Å². The second-order valence-corrected chi connectivity index (χ2v) is 5.66. The van der Waals surface area contributed by atoms with Crippen LogP contribution in [0.2, 0.25) is 0 Å². The predicted octanol–water partition coefficient (Wildman–Crippen LogP) is 4.40. The molecule has 0 fully saturated rings. The molecular weight excluding hydrogens is 312 g/mol. The molecule has 0 aliphatic carbocycles. The summed E-state index contributed by atoms with van der Waals surface area (Å²) in [5.74, 6) is -1.38. The molecule has 0 heterocycles. The Morgan fingerprint density at radius 3 is 2.29 bits per heavy atom. The van der Waals surface area contributed by atoms with Crippen molar-refractivity contribution >= 4 is 11.6 Å². The molecule has 0 aliphatic rings. The maximum atomic E-state index is 13.4. The summed E-state index contributed by atoms with van der Waals surface area (Å²) in [7, 11) is 0. The molecule has 0 radical (unpaired) electrons. The second kappa shape index (κ2) is 7.90. The molecule has 24 heavy (non-hydrogen) atoms. The van der Waals surface area contributed by atoms with Crippen LogP contribution in [0, 0.1) is 25.5 Å². The fraction of sp³-hybridized carbons (Fsp3) is 0.316. The zero-order chi connectivity index (χ0) is 17.7. The lowest BCUT2D eigenvalue weighted by Gasteiger charge is -2.21. The van der Waals surface area contributed by atoms with Crippen molar-refractivity contribution in [3.63, 3.8) is 0 Å². The Hall–Kier alpha value is -2.43. The Morgan fingerprint density at radius 1 is 1.04 bits per heavy atom. The van der Waals surface area contributed by atoms with Gasteiger partial charge in [-0.2, -0.15) is 0 Å². The van der Waals surface area contributed by atoms with E-state index in [2.05, 4.69) is 0 Å². The van der Waals surface area contributed by atoms with E-state index in [-0.39, 0.29) is 18.9 Å². The third-order valence-corrected chi connectivity index (χ3v) is 3.61. The molecule has 3 nitrogen and oxygen atoms in total. The van der Waals surface area contributed by atoms with Gasteiger partial charge in [0.2, 0.25) is 5.91 Å². The van der Waals surface area contributed by atoms with Gasteiger partial charge < -0.3 is 9.64 Å². The molecule has 0 unspecified atom stereocenters. The first-order valence-corrected chi connectivity index (χ1v) is 7.87. The van der Waals surface area contributed by atoms with Gasteiger partial charge in [-0.3, -0.25) is 4.79 Å². The largest absolute Gasteiger partial charge is 0.493 e. The number of carbonyl (C=O) groups is 1. The third-order valence-electron chi connectivity index (χ3n) is 3.61. The number of anilines is 1. The van der Waals surface area contributed by atoms with Crippen LogP contribution in [0.1, 0.15) is 24.5 Å². The lowest BCUT2D eigenvalue weighted by molar-refractivity contribution is -0.119. The average Bonchev–Trinajstić information content (AvgIpc) is 2.50. The molecule has 2 aromatic rings. The number of halogens is 2. The van der Waals surface area contributed by atoms with Crippen LogP contribution in [0.3, 0.4) is 0 Å². The summed E-state index contributed by atoms with van der Waals surface area (Å²) in [6.07, 6.45) is 0.153. The monoisotopic (exact) mass is 333 g/mol. The molecule has 0 bridgehead atoms. The predicted molar refractivity (Wildman–Crippen MR) is 90.4 cm³/mol. The van der Waals surface area contributed by atoms with Gasteiger partial charge in [0.15, 0.2) is 11.6 Å². The molecule has 5 heteroatoms. The maximum Gasteiger partial charge on any atom is 0.230 e. The van der Waals surface area contributed by atoms with Gasteiger partial charge in [-0.25, -0.2) is 8.78 Å². The van der Waals surface area contributed by atoms with Crippen molar-refractivity contribution in [3.05, 3.63) is 59.2 Å². The molecule has 0 spiro atoms. The SMILES string of the molecule is CCN(C(=O)CCOc1cc(C)cc(C)c1)c1ccc(F)c(F)c1. The minimum Gasteiger partial charge on any atom is -0.493 e. The fourth-order valence-corrected chi connectivity index (χ4v) is 2.56. The molecule has 0 atom stereocenters. The molecule has 0 saturated carbocycles. The Morgan fingerprint density at radius 2 is 1.71 bits per heavy atom. The van der Waals surface area contributed by atoms with E-state index in [1.54, 1.807) is 6.92 Å². The first-order chi connectivity index (χ1) is 11.4. The van der Waals surface area contributed by atoms with Gasteiger partial charge in [-0.15, -0.1) is 0 Å². The Bertz CT molecular complexity index is 711. The van der Waals surface area contributed by atoms with Gasteiger partial charge in [-0.05, 0) is 56.2 Å². The van der Waals surface area contributed by atoms with E-state index < -0.39 is 11.6 Å². The van der Waals surface area contributed by atoms with Crippen LogP contribution in [0.15, 0.2) is 36.4 Å². The molecule has 0 N–H and O–H groups in total. The topological polar surface area (TPSA) is 29.5 Å². The van der Waals surface area contributed by atoms with Crippen LogP contribution in [0.25, 0.3) is 0 Å². The minimum atomic E-state index is -0.967. The van der Waals surface area contributed by atoms with Crippen LogP contribution in [0.5, 0.6) is 5.75 Å². The highest BCUT2D eigenvalue weighted by Crippen LogP contribution is 2.20. The first-order valence-electron chi connectivity index (χ1n) is 7.87. The summed E-state index contributed by atoms with van der Waals surface area (Å²) < 4.78 is 32.0. The number of hydrogen-bond acceptors (Lipinski definition) is 2. The third kappa shape index (κ3) is 4.54. The maximum absolute atomic E-state index is 13.4. The standard InChI is InChI=1S/C19H21F2NO2/c1-4-22(15-5-6-17(20)18(21)12-15)19(23)7-8-24-16-10-13(2)9-14(3)11-16/h5-6,9-12H,4,7-8H2,1-3H3. The Labute approximate surface area is 140 Å². The van der Waals surface area contributed by atoms with Crippen molar-refractivity contribution in [3.8, 4) is 5.75 Å². The number of benzene rings is 2. The smallest absolute Gasteiger partial charge is 0.230 e. The van der Waals surface area contributed by atoms with Crippen LogP contribution >= 0.6 is 0 Å². The number of rotatable bonds is 6. The highest BCUT2D eigenvalue weighted by atomic mass is 19.2. The summed E-state index contributed by atoms with van der Waals surface area (Å²) in [4.78, 5) is 13.7. The van der Waals surface area contributed by atoms with Crippen LogP contribution in [0.4, 0.5) is 14.5 Å². The lowest BCUT2D eigenvalue weighted by atomic mass is 10.1. The molecule has 128 valence electrons. The zero-order valence-corrected chi connectivity index (χ0v) is 14.1. The summed E-state index contributed by atoms with van der Waals surface area (Å²) in [6.45, 7) is 6.33. The summed E-state index contributed by atoms with van der Waals surface area (Å²) in [5, 5.41) is 0. The second-order valence-electron chi connectivity index (χ2n) is 5.66. The summed E-state index contributed by atoms with van der Waals surface area (Å²) in [6, 6.07) is 9.30. The fourth-order valence-electron chi connectivity index (χ4n) is 2.56. The van der Waals surface area contributed by atoms with E-state index >= 15 is 0 Å². The van der Waals surface area contributed by atoms with E-state index in [1.165, 1.54) is 11.0 Å². The number of aryl methyl sites for hydroxylation is 2. The highest BCUT2D eigenvalue weighted by molar-refractivity contribution is 5.93. The van der Waals surface area contributed by atoms with E-state index in [0.717, 1.165) is 29.0 Å². The van der Waals surface area contributed by atoms with Crippen molar-refractivity contribution in [2.75, 3.05) is 18.1 Å². The number of amides is 1. The molecule has 1 amide bonds. The average molecular weight is 333 g/mol. The van der Waals surface area contributed by atoms with Gasteiger partial charge in [0.05, 0.1) is 13.0 Å². The Balaban J connectivity index is 1.98. The first kappa shape index (κ1) is 17.9. The van der Waals surface area contributed by atoms with E-state index in [0.29, 0.717) is 12.2 Å². The summed E-state index contributed by atoms with van der Waals surface area (Å²) in [5.41, 5.74) is 2.52. The highest BCUT2D eigenvalue weighted by Gasteiger charge is 2.15. The lowest BCUT2D eigenvalue weighted by Crippen LogP contribution is -2.31. The zero-order valence-electron chi connectivity index (χ0n) is 14.1. The van der Waals surface area contributed by atoms with Crippen molar-refractivity contribution in [2.45, 2.75) is 27.2 Å². The van der Waals surface area contributed by atoms with Gasteiger partial charge >= 0.3 is 0 Å². The van der Waals surface area contributed by atoms with Gasteiger partial charge in [-0.1, -0.05) is 6.07 Å². The normalized spacial score (nSPS) is 10.5. The van der Waals surface area contributed by atoms with Gasteiger partial charge in [0.1, 0.15) is 5.75 Å². The molecule has 2 rings (SSSR count). The molecule has 2 aromatic carbocycles. The quantitative estimate of drug-likeness (QED) is 0.784. The number of carbonyl (C=O) groups excluding carboxylic acids is 1. The molecular formula is C19H21F2NO2. The number of ether oxygens (including phenoxy) is 1. The molecule has 0 aliphatic heterocycles. The van der Waals surface area contributed by atoms with Gasteiger partial charge in [0, 0.05) is 18.3 Å². The van der Waals surface area contributed by atoms with Crippen molar-refractivity contribution in [2.24, 2.45) is 0 Å². The number of nitrogens with zero attached hydrogens (tertiary/aromatic N) is 1. The Kier molecular flexibility index (Phi) is 5.90. The number of hydrogen-bond donors (Lipinski definition) is 0. The minimum absolute atomic E-state index is 0.153. The summed E-state index contributed by atoms with van der Waals surface area (Å²) >= 11 is 0. The van der Waals surface area contributed by atoms with Gasteiger partial charge in [0.25, 0.3) is 0 Å².